The summed E-state index contributed by atoms with van der Waals surface area (Å²) in [6.07, 6.45) is 3.03. The molecule has 3 amide bonds. The van der Waals surface area contributed by atoms with Gasteiger partial charge in [0.05, 0.1) is 30.7 Å². The Morgan fingerprint density at radius 1 is 1.19 bits per heavy atom. The average Bonchev–Trinajstić information content (AvgIpc) is 3.37. The standard InChI is InChI=1S/C21H23N5O5/c1-13-18(14(2)31-23-13)11-24-10-16(8-22-24)26-19(29)21(3,12-27)25(20(26)30)9-15-5-4-6-17(28)7-15/h4-8,10,27-28H,9,11-12H2,1-3H3. The number of aliphatic hydroxyl groups is 1. The van der Waals surface area contributed by atoms with Gasteiger partial charge >= 0.3 is 6.03 Å². The summed E-state index contributed by atoms with van der Waals surface area (Å²) in [6, 6.07) is 5.85. The van der Waals surface area contributed by atoms with Crippen molar-refractivity contribution in [3.8, 4) is 5.75 Å². The monoisotopic (exact) mass is 425 g/mol. The van der Waals surface area contributed by atoms with E-state index in [9.17, 15) is 19.8 Å². The molecule has 2 N–H and O–H groups in total. The Morgan fingerprint density at radius 2 is 1.97 bits per heavy atom. The third-order valence-electron chi connectivity index (χ3n) is 5.62. The highest BCUT2D eigenvalue weighted by atomic mass is 16.5. The number of aryl methyl sites for hydroxylation is 2. The smallest absolute Gasteiger partial charge is 0.332 e. The predicted octanol–water partition coefficient (Wildman–Crippen LogP) is 1.96. The van der Waals surface area contributed by atoms with Crippen molar-refractivity contribution in [1.82, 2.24) is 19.8 Å². The van der Waals surface area contributed by atoms with E-state index in [-0.39, 0.29) is 12.3 Å². The Kier molecular flexibility index (Phi) is 5.02. The maximum absolute atomic E-state index is 13.2. The van der Waals surface area contributed by atoms with Crippen LogP contribution in [0, 0.1) is 13.8 Å². The first-order valence-electron chi connectivity index (χ1n) is 9.73. The lowest BCUT2D eigenvalue weighted by atomic mass is 10.0. The van der Waals surface area contributed by atoms with Crippen molar-refractivity contribution < 1.29 is 24.3 Å². The molecule has 1 aliphatic heterocycles. The van der Waals surface area contributed by atoms with Gasteiger partial charge in [-0.05, 0) is 38.5 Å². The van der Waals surface area contributed by atoms with E-state index in [1.807, 2.05) is 6.92 Å². The highest BCUT2D eigenvalue weighted by Gasteiger charge is 2.54. The van der Waals surface area contributed by atoms with E-state index >= 15 is 0 Å². The number of anilines is 1. The molecule has 3 heterocycles. The molecule has 10 nitrogen and oxygen atoms in total. The fourth-order valence-corrected chi connectivity index (χ4v) is 3.68. The van der Waals surface area contributed by atoms with Gasteiger partial charge in [-0.25, -0.2) is 9.69 Å². The summed E-state index contributed by atoms with van der Waals surface area (Å²) in [5.74, 6) is 0.184. The van der Waals surface area contributed by atoms with Crippen molar-refractivity contribution in [3.05, 3.63) is 59.2 Å². The Hall–Kier alpha value is -3.66. The van der Waals surface area contributed by atoms with E-state index in [2.05, 4.69) is 10.3 Å². The number of carbonyl (C=O) groups excluding carboxylic acids is 2. The molecule has 162 valence electrons. The number of benzene rings is 1. The molecule has 0 saturated carbocycles. The Morgan fingerprint density at radius 3 is 2.61 bits per heavy atom. The summed E-state index contributed by atoms with van der Waals surface area (Å²) in [5.41, 5.74) is 1.12. The molecule has 1 aliphatic rings. The van der Waals surface area contributed by atoms with Crippen LogP contribution < -0.4 is 4.90 Å². The van der Waals surface area contributed by atoms with Gasteiger partial charge in [-0.3, -0.25) is 9.48 Å². The molecule has 31 heavy (non-hydrogen) atoms. The van der Waals surface area contributed by atoms with Crippen LogP contribution in [0.25, 0.3) is 0 Å². The lowest BCUT2D eigenvalue weighted by Crippen LogP contribution is -2.49. The maximum Gasteiger partial charge on any atom is 0.332 e. The summed E-state index contributed by atoms with van der Waals surface area (Å²) in [5, 5.41) is 27.9. The number of hydrogen-bond acceptors (Lipinski definition) is 7. The molecule has 1 fully saturated rings. The molecule has 3 aromatic rings. The fraction of sp³-hybridized carbons (Fsp3) is 0.333. The zero-order valence-electron chi connectivity index (χ0n) is 17.4. The minimum atomic E-state index is -1.44. The summed E-state index contributed by atoms with van der Waals surface area (Å²) in [7, 11) is 0. The predicted molar refractivity (Wildman–Crippen MR) is 109 cm³/mol. The largest absolute Gasteiger partial charge is 0.508 e. The van der Waals surface area contributed by atoms with E-state index in [1.165, 1.54) is 30.2 Å². The van der Waals surface area contributed by atoms with E-state index in [0.717, 1.165) is 16.2 Å². The Bertz CT molecular complexity index is 1130. The average molecular weight is 425 g/mol. The molecule has 1 aromatic carbocycles. The number of rotatable bonds is 6. The summed E-state index contributed by atoms with van der Waals surface area (Å²) < 4.78 is 6.76. The number of phenols is 1. The number of carbonyl (C=O) groups is 2. The topological polar surface area (TPSA) is 125 Å². The zero-order chi connectivity index (χ0) is 22.3. The number of aromatic nitrogens is 3. The normalized spacial score (nSPS) is 19.0. The van der Waals surface area contributed by atoms with Crippen molar-refractivity contribution in [3.63, 3.8) is 0 Å². The molecule has 1 saturated heterocycles. The van der Waals surface area contributed by atoms with Gasteiger partial charge in [0.2, 0.25) is 0 Å². The van der Waals surface area contributed by atoms with Crippen molar-refractivity contribution >= 4 is 17.6 Å². The van der Waals surface area contributed by atoms with Gasteiger partial charge in [0.1, 0.15) is 17.0 Å². The highest BCUT2D eigenvalue weighted by molar-refractivity contribution is 6.23. The maximum atomic E-state index is 13.2. The van der Waals surface area contributed by atoms with Crippen LogP contribution in [0.4, 0.5) is 10.5 Å². The minimum absolute atomic E-state index is 0.0543. The van der Waals surface area contributed by atoms with Gasteiger partial charge < -0.3 is 19.6 Å². The highest BCUT2D eigenvalue weighted by Crippen LogP contribution is 2.33. The lowest BCUT2D eigenvalue weighted by molar-refractivity contribution is -0.126. The molecule has 1 unspecified atom stereocenters. The van der Waals surface area contributed by atoms with Crippen molar-refractivity contribution in [2.45, 2.75) is 39.4 Å². The Balaban J connectivity index is 1.62. The second-order valence-electron chi connectivity index (χ2n) is 7.81. The summed E-state index contributed by atoms with van der Waals surface area (Å²) in [6.45, 7) is 5.04. The first-order valence-corrected chi connectivity index (χ1v) is 9.73. The first kappa shape index (κ1) is 20.6. The SMILES string of the molecule is Cc1noc(C)c1Cn1cc(N2C(=O)N(Cc3cccc(O)c3)C(C)(CO)C2=O)cn1. The lowest BCUT2D eigenvalue weighted by Gasteiger charge is -2.29. The quantitative estimate of drug-likeness (QED) is 0.578. The van der Waals surface area contributed by atoms with Crippen LogP contribution in [0.1, 0.15) is 29.5 Å². The third kappa shape index (κ3) is 3.44. The number of phenolic OH excluding ortho intramolecular Hbond substituents is 1. The molecule has 0 radical (unpaired) electrons. The van der Waals surface area contributed by atoms with Gasteiger partial charge in [0.25, 0.3) is 5.91 Å². The van der Waals surface area contributed by atoms with E-state index < -0.39 is 24.1 Å². The van der Waals surface area contributed by atoms with Crippen LogP contribution in [-0.4, -0.2) is 54.1 Å². The van der Waals surface area contributed by atoms with Crippen LogP contribution in [-0.2, 0) is 17.9 Å². The second kappa shape index (κ2) is 7.55. The van der Waals surface area contributed by atoms with Crippen LogP contribution in [0.5, 0.6) is 5.75 Å². The van der Waals surface area contributed by atoms with Crippen LogP contribution in [0.3, 0.4) is 0 Å². The molecule has 0 aliphatic carbocycles. The van der Waals surface area contributed by atoms with E-state index in [4.69, 9.17) is 4.52 Å². The number of amides is 3. The number of aliphatic hydroxyl groups excluding tert-OH is 1. The molecule has 4 rings (SSSR count). The number of hydrogen-bond donors (Lipinski definition) is 2. The van der Waals surface area contributed by atoms with Gasteiger partial charge in [-0.2, -0.15) is 5.10 Å². The molecule has 1 atom stereocenters. The van der Waals surface area contributed by atoms with E-state index in [1.54, 1.807) is 29.9 Å². The molecule has 10 heteroatoms. The van der Waals surface area contributed by atoms with Gasteiger partial charge in [-0.1, -0.05) is 17.3 Å². The van der Waals surface area contributed by atoms with Crippen molar-refractivity contribution in [1.29, 1.82) is 0 Å². The van der Waals surface area contributed by atoms with Crippen LogP contribution in [0.2, 0.25) is 0 Å². The summed E-state index contributed by atoms with van der Waals surface area (Å²) in [4.78, 5) is 28.7. The Labute approximate surface area is 178 Å². The van der Waals surface area contributed by atoms with Crippen LogP contribution in [0.15, 0.2) is 41.2 Å². The number of urea groups is 1. The molecular weight excluding hydrogens is 402 g/mol. The molecule has 2 aromatic heterocycles. The first-order chi connectivity index (χ1) is 14.7. The van der Waals surface area contributed by atoms with Crippen molar-refractivity contribution in [2.75, 3.05) is 11.5 Å². The van der Waals surface area contributed by atoms with Crippen LogP contribution >= 0.6 is 0 Å². The second-order valence-corrected chi connectivity index (χ2v) is 7.81. The third-order valence-corrected chi connectivity index (χ3v) is 5.62. The van der Waals surface area contributed by atoms with Crippen molar-refractivity contribution in [2.24, 2.45) is 0 Å². The van der Waals surface area contributed by atoms with Gasteiger partial charge in [0, 0.05) is 18.3 Å². The zero-order valence-corrected chi connectivity index (χ0v) is 17.4. The molecular formula is C21H23N5O5. The number of aromatic hydroxyl groups is 1. The van der Waals surface area contributed by atoms with Gasteiger partial charge in [-0.15, -0.1) is 0 Å². The molecule has 0 bridgehead atoms. The number of nitrogens with zero attached hydrogens (tertiary/aromatic N) is 5. The minimum Gasteiger partial charge on any atom is -0.508 e. The molecule has 0 spiro atoms. The summed E-state index contributed by atoms with van der Waals surface area (Å²) >= 11 is 0. The van der Waals surface area contributed by atoms with E-state index in [0.29, 0.717) is 23.6 Å². The van der Waals surface area contributed by atoms with Gasteiger partial charge in [0.15, 0.2) is 0 Å². The number of imide groups is 1. The fourth-order valence-electron chi connectivity index (χ4n) is 3.68.